The van der Waals surface area contributed by atoms with Crippen molar-refractivity contribution in [3.05, 3.63) is 48.0 Å². The number of halogens is 5. The van der Waals surface area contributed by atoms with Crippen molar-refractivity contribution in [1.82, 2.24) is 4.31 Å². The number of hydrogen-bond acceptors (Lipinski definition) is 4. The van der Waals surface area contributed by atoms with Crippen LogP contribution >= 0.6 is 0 Å². The highest BCUT2D eigenvalue weighted by Gasteiger charge is 2.42. The summed E-state index contributed by atoms with van der Waals surface area (Å²) in [6.45, 7) is 0.570. The molecular weight excluding hydrogens is 443 g/mol. The second-order valence-electron chi connectivity index (χ2n) is 7.56. The summed E-state index contributed by atoms with van der Waals surface area (Å²) in [6, 6.07) is 8.28. The van der Waals surface area contributed by atoms with Crippen LogP contribution in [-0.2, 0) is 16.2 Å². The van der Waals surface area contributed by atoms with E-state index in [1.807, 2.05) is 0 Å². The van der Waals surface area contributed by atoms with Gasteiger partial charge in [0.1, 0.15) is 10.6 Å². The Kier molecular flexibility index (Phi) is 5.96. The SMILES string of the molecule is CN1[C@H](CCC(C)(F)F)CN(c2ccccc2)c2cc(C(F)(F)F)c(O)cc2S1(=O)=O. The molecule has 1 N–H and O–H groups in total. The zero-order valence-corrected chi connectivity index (χ0v) is 17.5. The van der Waals surface area contributed by atoms with Crippen molar-refractivity contribution < 1.29 is 35.5 Å². The predicted molar refractivity (Wildman–Crippen MR) is 105 cm³/mol. The van der Waals surface area contributed by atoms with Crippen molar-refractivity contribution in [2.75, 3.05) is 18.5 Å². The van der Waals surface area contributed by atoms with Crippen LogP contribution in [0.5, 0.6) is 5.75 Å². The van der Waals surface area contributed by atoms with E-state index >= 15 is 0 Å². The van der Waals surface area contributed by atoms with Crippen LogP contribution in [0.4, 0.5) is 33.3 Å². The number of phenols is 1. The Morgan fingerprint density at radius 2 is 1.71 bits per heavy atom. The number of fused-ring (bicyclic) bond motifs is 1. The van der Waals surface area contributed by atoms with Gasteiger partial charge in [-0.15, -0.1) is 0 Å². The fraction of sp³-hybridized carbons (Fsp3) is 0.400. The molecule has 0 spiro atoms. The van der Waals surface area contributed by atoms with E-state index in [2.05, 4.69) is 0 Å². The molecule has 3 rings (SSSR count). The van der Waals surface area contributed by atoms with Gasteiger partial charge in [0.15, 0.2) is 0 Å². The number of phenolic OH excluding ortho intramolecular Hbond substituents is 1. The third kappa shape index (κ3) is 4.77. The summed E-state index contributed by atoms with van der Waals surface area (Å²) in [6.07, 6.45) is -5.74. The van der Waals surface area contributed by atoms with Crippen molar-refractivity contribution in [1.29, 1.82) is 0 Å². The number of likely N-dealkylation sites (N-methyl/N-ethyl adjacent to an activating group) is 1. The lowest BCUT2D eigenvalue weighted by Gasteiger charge is -2.30. The molecule has 11 heteroatoms. The molecule has 31 heavy (non-hydrogen) atoms. The second-order valence-corrected chi connectivity index (χ2v) is 9.53. The van der Waals surface area contributed by atoms with Gasteiger partial charge in [-0.2, -0.15) is 17.5 Å². The summed E-state index contributed by atoms with van der Waals surface area (Å²) < 4.78 is 94.5. The average molecular weight is 464 g/mol. The normalized spacial score (nSPS) is 19.7. The third-order valence-corrected chi connectivity index (χ3v) is 7.16. The molecule has 0 unspecified atom stereocenters. The molecule has 170 valence electrons. The maximum Gasteiger partial charge on any atom is 0.420 e. The molecule has 0 radical (unpaired) electrons. The van der Waals surface area contributed by atoms with Gasteiger partial charge in [0.25, 0.3) is 0 Å². The highest BCUT2D eigenvalue weighted by molar-refractivity contribution is 7.89. The number of rotatable bonds is 4. The number of anilines is 2. The van der Waals surface area contributed by atoms with Gasteiger partial charge in [0.2, 0.25) is 15.9 Å². The van der Waals surface area contributed by atoms with Gasteiger partial charge in [-0.25, -0.2) is 17.2 Å². The van der Waals surface area contributed by atoms with E-state index in [9.17, 15) is 35.5 Å². The number of aromatic hydroxyl groups is 1. The van der Waals surface area contributed by atoms with E-state index in [1.165, 1.54) is 11.9 Å². The Hall–Kier alpha value is -2.40. The lowest BCUT2D eigenvalue weighted by atomic mass is 10.1. The molecule has 0 fully saturated rings. The quantitative estimate of drug-likeness (QED) is 0.648. The van der Waals surface area contributed by atoms with Gasteiger partial charge in [-0.3, -0.25) is 0 Å². The molecule has 2 aromatic rings. The summed E-state index contributed by atoms with van der Waals surface area (Å²) >= 11 is 0. The summed E-state index contributed by atoms with van der Waals surface area (Å²) in [5, 5.41) is 9.92. The molecule has 1 aliphatic rings. The first kappa shape index (κ1) is 23.3. The number of para-hydroxylation sites is 1. The second kappa shape index (κ2) is 7.94. The number of alkyl halides is 5. The smallest absolute Gasteiger partial charge is 0.420 e. The van der Waals surface area contributed by atoms with Crippen LogP contribution in [0.3, 0.4) is 0 Å². The van der Waals surface area contributed by atoms with Gasteiger partial charge >= 0.3 is 6.18 Å². The molecule has 0 amide bonds. The molecule has 1 aliphatic heterocycles. The highest BCUT2D eigenvalue weighted by atomic mass is 32.2. The monoisotopic (exact) mass is 464 g/mol. The first-order valence-electron chi connectivity index (χ1n) is 9.34. The van der Waals surface area contributed by atoms with Crippen LogP contribution in [0.25, 0.3) is 0 Å². The van der Waals surface area contributed by atoms with Gasteiger partial charge < -0.3 is 10.0 Å². The largest absolute Gasteiger partial charge is 0.507 e. The van der Waals surface area contributed by atoms with E-state index < -0.39 is 50.8 Å². The van der Waals surface area contributed by atoms with E-state index in [-0.39, 0.29) is 18.7 Å². The standard InChI is InChI=1S/C20H21F5N2O3S/c1-19(21,22)9-8-14-12-27(13-6-4-3-5-7-13)16-10-15(20(23,24)25)17(28)11-18(16)31(29,30)26(14)2/h3-7,10-11,14,28H,8-9,12H2,1-2H3/t14-/m1/s1. The molecule has 1 heterocycles. The lowest BCUT2D eigenvalue weighted by molar-refractivity contribution is -0.138. The van der Waals surface area contributed by atoms with Crippen LogP contribution in [0, 0.1) is 0 Å². The molecule has 0 aromatic heterocycles. The van der Waals surface area contributed by atoms with Gasteiger partial charge in [-0.1, -0.05) is 18.2 Å². The molecule has 5 nitrogen and oxygen atoms in total. The fourth-order valence-corrected chi connectivity index (χ4v) is 5.09. The van der Waals surface area contributed by atoms with Crippen molar-refractivity contribution in [3.8, 4) is 5.75 Å². The Bertz CT molecular complexity index is 1050. The first-order valence-corrected chi connectivity index (χ1v) is 10.8. The van der Waals surface area contributed by atoms with Gasteiger partial charge in [-0.05, 0) is 31.5 Å². The minimum atomic E-state index is -4.92. The van der Waals surface area contributed by atoms with Gasteiger partial charge in [0.05, 0.1) is 11.3 Å². The van der Waals surface area contributed by atoms with Crippen molar-refractivity contribution >= 4 is 21.4 Å². The Morgan fingerprint density at radius 3 is 2.26 bits per heavy atom. The van der Waals surface area contributed by atoms with E-state index in [0.717, 1.165) is 11.2 Å². The first-order chi connectivity index (χ1) is 14.2. The molecule has 0 bridgehead atoms. The minimum absolute atomic E-state index is 0.148. The summed E-state index contributed by atoms with van der Waals surface area (Å²) in [4.78, 5) is 0.818. The number of hydrogen-bond donors (Lipinski definition) is 1. The lowest BCUT2D eigenvalue weighted by Crippen LogP contribution is -2.41. The van der Waals surface area contributed by atoms with E-state index in [4.69, 9.17) is 0 Å². The maximum absolute atomic E-state index is 13.5. The predicted octanol–water partition coefficient (Wildman–Crippen LogP) is 4.99. The molecule has 0 aliphatic carbocycles. The Balaban J connectivity index is 2.23. The zero-order valence-electron chi connectivity index (χ0n) is 16.7. The molecular formula is C20H21F5N2O3S. The summed E-state index contributed by atoms with van der Waals surface area (Å²) in [5.41, 5.74) is -1.28. The minimum Gasteiger partial charge on any atom is -0.507 e. The zero-order chi connectivity index (χ0) is 23.2. The number of sulfonamides is 1. The molecule has 1 atom stereocenters. The van der Waals surface area contributed by atoms with Crippen LogP contribution in [0.1, 0.15) is 25.3 Å². The highest BCUT2D eigenvalue weighted by Crippen LogP contribution is 2.45. The van der Waals surface area contributed by atoms with Crippen molar-refractivity contribution in [2.24, 2.45) is 0 Å². The molecule has 0 saturated heterocycles. The van der Waals surface area contributed by atoms with Crippen LogP contribution in [-0.4, -0.2) is 43.4 Å². The number of nitrogens with zero attached hydrogens (tertiary/aromatic N) is 2. The van der Waals surface area contributed by atoms with Crippen LogP contribution in [0.15, 0.2) is 47.4 Å². The van der Waals surface area contributed by atoms with E-state index in [0.29, 0.717) is 17.8 Å². The van der Waals surface area contributed by atoms with Crippen LogP contribution in [0.2, 0.25) is 0 Å². The summed E-state index contributed by atoms with van der Waals surface area (Å²) in [7, 11) is -3.19. The van der Waals surface area contributed by atoms with E-state index in [1.54, 1.807) is 30.3 Å². The maximum atomic E-state index is 13.5. The third-order valence-electron chi connectivity index (χ3n) is 5.22. The van der Waals surface area contributed by atoms with Gasteiger partial charge in [0, 0.05) is 37.8 Å². The van der Waals surface area contributed by atoms with Crippen LogP contribution < -0.4 is 4.90 Å². The Morgan fingerprint density at radius 1 is 1.10 bits per heavy atom. The average Bonchev–Trinajstić information content (AvgIpc) is 2.73. The summed E-state index contributed by atoms with van der Waals surface area (Å²) in [5.74, 6) is -4.27. The fourth-order valence-electron chi connectivity index (χ4n) is 3.52. The van der Waals surface area contributed by atoms with Crippen molar-refractivity contribution in [2.45, 2.75) is 42.8 Å². The van der Waals surface area contributed by atoms with Crippen molar-refractivity contribution in [3.63, 3.8) is 0 Å². The topological polar surface area (TPSA) is 60.9 Å². The number of benzene rings is 2. The molecule has 2 aromatic carbocycles. The Labute approximate surface area is 176 Å². The molecule has 0 saturated carbocycles.